The lowest BCUT2D eigenvalue weighted by Gasteiger charge is -2.57. The van der Waals surface area contributed by atoms with E-state index in [1.165, 1.54) is 92.5 Å². The SMILES string of the molecule is Cc1cc(N2CCc3c(c(C)nn3CC34CCC(N5CCCC5)(CC3)CC4)C2)c2ccncc2n1. The van der Waals surface area contributed by atoms with Crippen LogP contribution in [0.3, 0.4) is 0 Å². The predicted molar refractivity (Wildman–Crippen MR) is 140 cm³/mol. The fourth-order valence-corrected chi connectivity index (χ4v) is 7.91. The number of anilines is 1. The van der Waals surface area contributed by atoms with Crippen molar-refractivity contribution >= 4 is 16.6 Å². The Kier molecular flexibility index (Phi) is 4.99. The summed E-state index contributed by atoms with van der Waals surface area (Å²) in [5, 5.41) is 6.35. The van der Waals surface area contributed by atoms with Crippen molar-refractivity contribution in [3.8, 4) is 0 Å². The number of hydrogen-bond acceptors (Lipinski definition) is 5. The summed E-state index contributed by atoms with van der Waals surface area (Å²) in [5.41, 5.74) is 8.49. The van der Waals surface area contributed by atoms with Crippen molar-refractivity contribution in [1.29, 1.82) is 0 Å². The first kappa shape index (κ1) is 21.8. The molecule has 0 aromatic carbocycles. The molecule has 2 aliphatic heterocycles. The minimum absolute atomic E-state index is 0.469. The monoisotopic (exact) mass is 470 g/mol. The van der Waals surface area contributed by atoms with Gasteiger partial charge in [0.05, 0.1) is 17.4 Å². The Morgan fingerprint density at radius 1 is 0.971 bits per heavy atom. The molecule has 3 saturated carbocycles. The highest BCUT2D eigenvalue weighted by Crippen LogP contribution is 2.56. The van der Waals surface area contributed by atoms with E-state index in [-0.39, 0.29) is 0 Å². The Morgan fingerprint density at radius 2 is 1.74 bits per heavy atom. The maximum Gasteiger partial charge on any atom is 0.0909 e. The lowest BCUT2D eigenvalue weighted by Crippen LogP contribution is -2.56. The van der Waals surface area contributed by atoms with Gasteiger partial charge in [0.1, 0.15) is 0 Å². The summed E-state index contributed by atoms with van der Waals surface area (Å²) in [6.45, 7) is 10.1. The normalized spacial score (nSPS) is 28.7. The van der Waals surface area contributed by atoms with Crippen molar-refractivity contribution in [2.24, 2.45) is 5.41 Å². The van der Waals surface area contributed by atoms with Crippen LogP contribution in [0.2, 0.25) is 0 Å². The van der Waals surface area contributed by atoms with E-state index in [2.05, 4.69) is 45.4 Å². The number of aryl methyl sites for hydroxylation is 2. The van der Waals surface area contributed by atoms with Crippen LogP contribution in [0, 0.1) is 19.3 Å². The molecule has 0 atom stereocenters. The van der Waals surface area contributed by atoms with Gasteiger partial charge in [-0.3, -0.25) is 19.5 Å². The third-order valence-corrected chi connectivity index (χ3v) is 10.0. The van der Waals surface area contributed by atoms with Crippen LogP contribution in [0.4, 0.5) is 5.69 Å². The molecule has 3 aliphatic carbocycles. The number of pyridine rings is 2. The third kappa shape index (κ3) is 3.51. The Labute approximate surface area is 208 Å². The van der Waals surface area contributed by atoms with E-state index < -0.39 is 0 Å². The molecule has 8 rings (SSSR count). The first-order valence-corrected chi connectivity index (χ1v) is 13.8. The maximum atomic E-state index is 5.16. The van der Waals surface area contributed by atoms with Gasteiger partial charge in [-0.25, -0.2) is 0 Å². The molecule has 0 amide bonds. The summed E-state index contributed by atoms with van der Waals surface area (Å²) in [6.07, 6.45) is 16.1. The predicted octanol–water partition coefficient (Wildman–Crippen LogP) is 5.19. The van der Waals surface area contributed by atoms with Crippen LogP contribution in [-0.4, -0.2) is 49.8 Å². The van der Waals surface area contributed by atoms with Gasteiger partial charge in [-0.05, 0) is 95.9 Å². The van der Waals surface area contributed by atoms with Gasteiger partial charge in [0.15, 0.2) is 0 Å². The van der Waals surface area contributed by atoms with Crippen LogP contribution < -0.4 is 4.90 Å². The van der Waals surface area contributed by atoms with E-state index >= 15 is 0 Å². The van der Waals surface area contributed by atoms with E-state index in [0.717, 1.165) is 37.3 Å². The molecule has 5 aliphatic rings. The van der Waals surface area contributed by atoms with Crippen LogP contribution in [0.5, 0.6) is 0 Å². The molecule has 5 heterocycles. The molecule has 0 N–H and O–H groups in total. The molecule has 3 aromatic rings. The first-order chi connectivity index (χ1) is 17.0. The van der Waals surface area contributed by atoms with Gasteiger partial charge in [0.2, 0.25) is 0 Å². The molecule has 35 heavy (non-hydrogen) atoms. The second-order valence-electron chi connectivity index (χ2n) is 11.9. The van der Waals surface area contributed by atoms with Gasteiger partial charge in [-0.1, -0.05) is 0 Å². The molecule has 0 unspecified atom stereocenters. The highest BCUT2D eigenvalue weighted by Gasteiger charge is 2.51. The molecule has 0 spiro atoms. The summed E-state index contributed by atoms with van der Waals surface area (Å²) >= 11 is 0. The van der Waals surface area contributed by atoms with E-state index in [9.17, 15) is 0 Å². The number of nitrogens with zero attached hydrogens (tertiary/aromatic N) is 6. The van der Waals surface area contributed by atoms with E-state index in [4.69, 9.17) is 10.1 Å². The summed E-state index contributed by atoms with van der Waals surface area (Å²) in [5.74, 6) is 0. The Morgan fingerprint density at radius 3 is 2.51 bits per heavy atom. The molecule has 6 nitrogen and oxygen atoms in total. The Bertz CT molecular complexity index is 1250. The van der Waals surface area contributed by atoms with Crippen molar-refractivity contribution < 1.29 is 0 Å². The maximum absolute atomic E-state index is 5.16. The summed E-state index contributed by atoms with van der Waals surface area (Å²) < 4.78 is 2.44. The van der Waals surface area contributed by atoms with Gasteiger partial charge in [0, 0.05) is 65.8 Å². The molecule has 184 valence electrons. The average molecular weight is 471 g/mol. The summed E-state index contributed by atoms with van der Waals surface area (Å²) in [7, 11) is 0. The summed E-state index contributed by atoms with van der Waals surface area (Å²) in [6, 6.07) is 4.35. The number of aromatic nitrogens is 4. The molecule has 2 bridgehead atoms. The van der Waals surface area contributed by atoms with Crippen molar-refractivity contribution in [1.82, 2.24) is 24.6 Å². The Balaban J connectivity index is 1.13. The van der Waals surface area contributed by atoms with E-state index in [1.54, 1.807) is 0 Å². The van der Waals surface area contributed by atoms with Crippen molar-refractivity contribution in [3.63, 3.8) is 0 Å². The van der Waals surface area contributed by atoms with Crippen molar-refractivity contribution in [3.05, 3.63) is 47.2 Å². The quantitative estimate of drug-likeness (QED) is 0.525. The lowest BCUT2D eigenvalue weighted by molar-refractivity contribution is -0.0534. The largest absolute Gasteiger partial charge is 0.366 e. The molecule has 0 radical (unpaired) electrons. The minimum atomic E-state index is 0.469. The standard InChI is InChI=1S/C29H38N6/c1-21-17-27(23-5-13-30-18-25(23)31-21)33-16-6-26-24(19-33)22(2)32-35(26)20-28-7-10-29(11-8-28,12-9-28)34-14-3-4-15-34/h5,13,17-18H,3-4,6-12,14-16,19-20H2,1-2H3. The number of likely N-dealkylation sites (tertiary alicyclic amines) is 1. The average Bonchev–Trinajstić information content (AvgIpc) is 3.54. The minimum Gasteiger partial charge on any atom is -0.366 e. The highest BCUT2D eigenvalue weighted by atomic mass is 15.3. The molecule has 6 heteroatoms. The van der Waals surface area contributed by atoms with Gasteiger partial charge in [-0.15, -0.1) is 0 Å². The van der Waals surface area contributed by atoms with Crippen LogP contribution in [0.15, 0.2) is 24.5 Å². The van der Waals surface area contributed by atoms with E-state index in [1.807, 2.05) is 12.4 Å². The summed E-state index contributed by atoms with van der Waals surface area (Å²) in [4.78, 5) is 14.4. The van der Waals surface area contributed by atoms with Crippen LogP contribution in [0.1, 0.15) is 74.0 Å². The Hall–Kier alpha value is -2.47. The molecule has 1 saturated heterocycles. The van der Waals surface area contributed by atoms with Crippen LogP contribution >= 0.6 is 0 Å². The van der Waals surface area contributed by atoms with Gasteiger partial charge in [-0.2, -0.15) is 5.10 Å². The second kappa shape index (κ2) is 8.02. The van der Waals surface area contributed by atoms with Crippen LogP contribution in [-0.2, 0) is 19.5 Å². The number of hydrogen-bond donors (Lipinski definition) is 0. The van der Waals surface area contributed by atoms with Gasteiger partial charge in [0.25, 0.3) is 0 Å². The van der Waals surface area contributed by atoms with Gasteiger partial charge >= 0.3 is 0 Å². The van der Waals surface area contributed by atoms with Gasteiger partial charge < -0.3 is 4.90 Å². The highest BCUT2D eigenvalue weighted by molar-refractivity contribution is 5.91. The lowest BCUT2D eigenvalue weighted by atomic mass is 9.56. The van der Waals surface area contributed by atoms with Crippen molar-refractivity contribution in [2.45, 2.75) is 90.3 Å². The van der Waals surface area contributed by atoms with Crippen LogP contribution in [0.25, 0.3) is 10.9 Å². The zero-order valence-electron chi connectivity index (χ0n) is 21.4. The molecular formula is C29H38N6. The zero-order valence-corrected chi connectivity index (χ0v) is 21.4. The topological polar surface area (TPSA) is 50.1 Å². The van der Waals surface area contributed by atoms with Crippen molar-refractivity contribution in [2.75, 3.05) is 24.5 Å². The number of fused-ring (bicyclic) bond motifs is 5. The zero-order chi connectivity index (χ0) is 23.6. The first-order valence-electron chi connectivity index (χ1n) is 13.8. The molecule has 4 fully saturated rings. The second-order valence-corrected chi connectivity index (χ2v) is 11.9. The molecular weight excluding hydrogens is 432 g/mol. The molecule has 3 aromatic heterocycles. The fraction of sp³-hybridized carbons (Fsp3) is 0.621. The van der Waals surface area contributed by atoms with E-state index in [0.29, 0.717) is 11.0 Å². The smallest absolute Gasteiger partial charge is 0.0909 e. The number of rotatable bonds is 4. The fourth-order valence-electron chi connectivity index (χ4n) is 7.91. The third-order valence-electron chi connectivity index (χ3n) is 10.0.